The fraction of sp³-hybridized carbons (Fsp3) is 0.538. The van der Waals surface area contributed by atoms with Crippen LogP contribution < -0.4 is 10.5 Å². The summed E-state index contributed by atoms with van der Waals surface area (Å²) in [6.45, 7) is 5.46. The Kier molecular flexibility index (Phi) is 5.45. The molecule has 0 amide bonds. The van der Waals surface area contributed by atoms with Crippen LogP contribution in [0.25, 0.3) is 0 Å². The van der Waals surface area contributed by atoms with Crippen molar-refractivity contribution in [1.82, 2.24) is 9.62 Å². The van der Waals surface area contributed by atoms with Crippen LogP contribution in [0.2, 0.25) is 5.02 Å². The first-order valence-corrected chi connectivity index (χ1v) is 8.62. The van der Waals surface area contributed by atoms with Gasteiger partial charge in [-0.25, -0.2) is 13.1 Å². The van der Waals surface area contributed by atoms with Gasteiger partial charge >= 0.3 is 0 Å². The number of morpholine rings is 1. The van der Waals surface area contributed by atoms with Gasteiger partial charge in [0.15, 0.2) is 0 Å². The van der Waals surface area contributed by atoms with Gasteiger partial charge in [0, 0.05) is 30.7 Å². The van der Waals surface area contributed by atoms with Gasteiger partial charge in [0.2, 0.25) is 10.0 Å². The number of nitrogens with zero attached hydrogens (tertiary/aromatic N) is 1. The zero-order valence-electron chi connectivity index (χ0n) is 11.9. The van der Waals surface area contributed by atoms with Gasteiger partial charge in [-0.2, -0.15) is 0 Å². The number of nitrogen functional groups attached to an aromatic ring is 1. The number of rotatable bonds is 5. The molecule has 0 aromatic heterocycles. The van der Waals surface area contributed by atoms with E-state index in [-0.39, 0.29) is 16.6 Å². The van der Waals surface area contributed by atoms with E-state index in [2.05, 4.69) is 9.62 Å². The Hall–Kier alpha value is -0.860. The lowest BCUT2D eigenvalue weighted by atomic mass is 10.3. The Balaban J connectivity index is 2.02. The van der Waals surface area contributed by atoms with Crippen LogP contribution in [0.5, 0.6) is 0 Å². The van der Waals surface area contributed by atoms with Crippen molar-refractivity contribution in [1.29, 1.82) is 0 Å². The molecule has 8 heteroatoms. The number of hydrogen-bond acceptors (Lipinski definition) is 5. The number of hydrogen-bond donors (Lipinski definition) is 2. The van der Waals surface area contributed by atoms with E-state index in [0.717, 1.165) is 13.1 Å². The summed E-state index contributed by atoms with van der Waals surface area (Å²) >= 11 is 5.79. The molecule has 0 saturated carbocycles. The maximum atomic E-state index is 12.3. The summed E-state index contributed by atoms with van der Waals surface area (Å²) in [6.07, 6.45) is 0. The van der Waals surface area contributed by atoms with E-state index in [1.54, 1.807) is 0 Å². The molecule has 0 spiro atoms. The van der Waals surface area contributed by atoms with Crippen molar-refractivity contribution in [2.75, 3.05) is 38.6 Å². The standard InChI is InChI=1S/C13H20ClN3O3S/c1-10(9-17-4-6-20-7-5-17)16-21(18,19)13-3-2-11(14)8-12(13)15/h2-3,8,10,16H,4-7,9,15H2,1H3. The molecule has 1 saturated heterocycles. The van der Waals surface area contributed by atoms with Crippen molar-refractivity contribution < 1.29 is 13.2 Å². The monoisotopic (exact) mass is 333 g/mol. The van der Waals surface area contributed by atoms with Gasteiger partial charge in [-0.05, 0) is 25.1 Å². The highest BCUT2D eigenvalue weighted by Crippen LogP contribution is 2.22. The molecule has 21 heavy (non-hydrogen) atoms. The van der Waals surface area contributed by atoms with E-state index in [1.807, 2.05) is 6.92 Å². The molecule has 0 aliphatic carbocycles. The lowest BCUT2D eigenvalue weighted by Crippen LogP contribution is -2.46. The van der Waals surface area contributed by atoms with Crippen LogP contribution >= 0.6 is 11.6 Å². The molecule has 1 fully saturated rings. The van der Waals surface area contributed by atoms with E-state index in [1.165, 1.54) is 18.2 Å². The van der Waals surface area contributed by atoms with E-state index >= 15 is 0 Å². The largest absolute Gasteiger partial charge is 0.398 e. The van der Waals surface area contributed by atoms with Crippen molar-refractivity contribution in [3.8, 4) is 0 Å². The fourth-order valence-corrected chi connectivity index (χ4v) is 3.83. The third kappa shape index (κ3) is 4.55. The van der Waals surface area contributed by atoms with Crippen molar-refractivity contribution in [3.05, 3.63) is 23.2 Å². The summed E-state index contributed by atoms with van der Waals surface area (Å²) in [6, 6.07) is 4.15. The topological polar surface area (TPSA) is 84.7 Å². The number of sulfonamides is 1. The van der Waals surface area contributed by atoms with Crippen LogP contribution in [0, 0.1) is 0 Å². The molecule has 1 aliphatic rings. The summed E-state index contributed by atoms with van der Waals surface area (Å²) in [5.41, 5.74) is 5.88. The van der Waals surface area contributed by atoms with Gasteiger partial charge in [-0.3, -0.25) is 4.90 Å². The molecular weight excluding hydrogens is 314 g/mol. The van der Waals surface area contributed by atoms with Crippen molar-refractivity contribution in [3.63, 3.8) is 0 Å². The fourth-order valence-electron chi connectivity index (χ4n) is 2.30. The predicted molar refractivity (Wildman–Crippen MR) is 82.9 cm³/mol. The number of anilines is 1. The maximum absolute atomic E-state index is 12.3. The van der Waals surface area contributed by atoms with Crippen LogP contribution in [0.1, 0.15) is 6.92 Å². The third-order valence-electron chi connectivity index (χ3n) is 3.25. The first-order valence-electron chi connectivity index (χ1n) is 6.76. The lowest BCUT2D eigenvalue weighted by Gasteiger charge is -2.29. The molecule has 2 rings (SSSR count). The number of nitrogens with two attached hydrogens (primary N) is 1. The Bertz CT molecular complexity index is 588. The summed E-state index contributed by atoms with van der Waals surface area (Å²) in [5, 5.41) is 0.410. The molecule has 3 N–H and O–H groups in total. The van der Waals surface area contributed by atoms with E-state index in [0.29, 0.717) is 24.8 Å². The Morgan fingerprint density at radius 3 is 2.71 bits per heavy atom. The summed E-state index contributed by atoms with van der Waals surface area (Å²) in [7, 11) is -3.65. The van der Waals surface area contributed by atoms with Crippen LogP contribution in [0.4, 0.5) is 5.69 Å². The quantitative estimate of drug-likeness (QED) is 0.783. The minimum atomic E-state index is -3.65. The molecule has 1 heterocycles. The van der Waals surface area contributed by atoms with Gasteiger partial charge in [0.05, 0.1) is 18.9 Å². The normalized spacial score (nSPS) is 18.6. The van der Waals surface area contributed by atoms with Gasteiger partial charge in [0.1, 0.15) is 4.90 Å². The van der Waals surface area contributed by atoms with E-state index < -0.39 is 10.0 Å². The summed E-state index contributed by atoms with van der Waals surface area (Å²) < 4.78 is 32.6. The van der Waals surface area contributed by atoms with Crippen LogP contribution in [-0.4, -0.2) is 52.2 Å². The van der Waals surface area contributed by atoms with Gasteiger partial charge < -0.3 is 10.5 Å². The second-order valence-electron chi connectivity index (χ2n) is 5.12. The zero-order valence-corrected chi connectivity index (χ0v) is 13.5. The molecule has 1 atom stereocenters. The van der Waals surface area contributed by atoms with Gasteiger partial charge in [0.25, 0.3) is 0 Å². The van der Waals surface area contributed by atoms with Crippen molar-refractivity contribution >= 4 is 27.3 Å². The smallest absolute Gasteiger partial charge is 0.242 e. The zero-order chi connectivity index (χ0) is 15.5. The molecule has 0 radical (unpaired) electrons. The average Bonchev–Trinajstić information content (AvgIpc) is 2.38. The first-order chi connectivity index (χ1) is 9.88. The highest BCUT2D eigenvalue weighted by Gasteiger charge is 2.22. The van der Waals surface area contributed by atoms with E-state index in [9.17, 15) is 8.42 Å². The van der Waals surface area contributed by atoms with Gasteiger partial charge in [-0.15, -0.1) is 0 Å². The first kappa shape index (κ1) is 16.5. The third-order valence-corrected chi connectivity index (χ3v) is 5.15. The van der Waals surface area contributed by atoms with Crippen molar-refractivity contribution in [2.24, 2.45) is 0 Å². The molecule has 1 aliphatic heterocycles. The number of ether oxygens (including phenoxy) is 1. The molecule has 6 nitrogen and oxygen atoms in total. The minimum absolute atomic E-state index is 0.0562. The number of nitrogens with one attached hydrogen (secondary N) is 1. The number of halogens is 1. The second kappa shape index (κ2) is 6.93. The SMILES string of the molecule is CC(CN1CCOCC1)NS(=O)(=O)c1ccc(Cl)cc1N. The minimum Gasteiger partial charge on any atom is -0.398 e. The maximum Gasteiger partial charge on any atom is 0.242 e. The number of benzene rings is 1. The average molecular weight is 334 g/mol. The molecular formula is C13H20ClN3O3S. The van der Waals surface area contributed by atoms with Crippen molar-refractivity contribution in [2.45, 2.75) is 17.9 Å². The molecule has 0 bridgehead atoms. The Morgan fingerprint density at radius 2 is 2.10 bits per heavy atom. The van der Waals surface area contributed by atoms with Crippen LogP contribution in [0.3, 0.4) is 0 Å². The molecule has 118 valence electrons. The Morgan fingerprint density at radius 1 is 1.43 bits per heavy atom. The summed E-state index contributed by atoms with van der Waals surface area (Å²) in [4.78, 5) is 2.22. The molecule has 1 aromatic rings. The highest BCUT2D eigenvalue weighted by molar-refractivity contribution is 7.89. The summed E-state index contributed by atoms with van der Waals surface area (Å²) in [5.74, 6) is 0. The molecule has 1 aromatic carbocycles. The van der Waals surface area contributed by atoms with Crippen LogP contribution in [-0.2, 0) is 14.8 Å². The molecule has 1 unspecified atom stereocenters. The van der Waals surface area contributed by atoms with Crippen LogP contribution in [0.15, 0.2) is 23.1 Å². The second-order valence-corrected chi connectivity index (χ2v) is 7.24. The Labute approximate surface area is 130 Å². The van der Waals surface area contributed by atoms with E-state index in [4.69, 9.17) is 22.1 Å². The highest BCUT2D eigenvalue weighted by atomic mass is 35.5. The van der Waals surface area contributed by atoms with Gasteiger partial charge in [-0.1, -0.05) is 11.6 Å². The lowest BCUT2D eigenvalue weighted by molar-refractivity contribution is 0.0354. The predicted octanol–water partition coefficient (Wildman–Crippen LogP) is 0.921.